The Balaban J connectivity index is 1.47. The second-order valence-corrected chi connectivity index (χ2v) is 7.31. The quantitative estimate of drug-likeness (QED) is 0.901. The van der Waals surface area contributed by atoms with Crippen LogP contribution in [0, 0.1) is 17.6 Å². The molecular weight excluding hydrogens is 324 g/mol. The van der Waals surface area contributed by atoms with Gasteiger partial charge in [0, 0.05) is 25.7 Å². The predicted octanol–water partition coefficient (Wildman–Crippen LogP) is 3.54. The maximum absolute atomic E-state index is 13.3. The summed E-state index contributed by atoms with van der Waals surface area (Å²) in [7, 11) is 0. The maximum atomic E-state index is 13.3. The molecule has 138 valence electrons. The van der Waals surface area contributed by atoms with Gasteiger partial charge in [-0.2, -0.15) is 0 Å². The highest BCUT2D eigenvalue weighted by molar-refractivity contribution is 5.74. The lowest BCUT2D eigenvalue weighted by atomic mass is 9.96. The van der Waals surface area contributed by atoms with Crippen LogP contribution < -0.4 is 5.32 Å². The molecule has 2 fully saturated rings. The van der Waals surface area contributed by atoms with Gasteiger partial charge >= 0.3 is 6.03 Å². The number of hydrogen-bond acceptors (Lipinski definition) is 2. The molecule has 25 heavy (non-hydrogen) atoms. The fraction of sp³-hybridized carbons (Fsp3) is 0.632. The Bertz CT molecular complexity index is 576. The van der Waals surface area contributed by atoms with E-state index < -0.39 is 17.7 Å². The Morgan fingerprint density at radius 1 is 1.12 bits per heavy atom. The van der Waals surface area contributed by atoms with Gasteiger partial charge in [-0.05, 0) is 69.3 Å². The molecule has 2 saturated heterocycles. The van der Waals surface area contributed by atoms with Crippen LogP contribution in [0.1, 0.15) is 44.2 Å². The second-order valence-electron chi connectivity index (χ2n) is 7.31. The van der Waals surface area contributed by atoms with Crippen LogP contribution in [0.15, 0.2) is 18.2 Å². The third-order valence-corrected chi connectivity index (χ3v) is 5.34. The first-order valence-electron chi connectivity index (χ1n) is 9.25. The summed E-state index contributed by atoms with van der Waals surface area (Å²) >= 11 is 0. The van der Waals surface area contributed by atoms with Crippen LogP contribution in [0.2, 0.25) is 0 Å². The van der Waals surface area contributed by atoms with Gasteiger partial charge in [0.05, 0.1) is 6.04 Å². The van der Waals surface area contributed by atoms with Crippen molar-refractivity contribution in [3.63, 3.8) is 0 Å². The molecular formula is C19H27F2N3O. The van der Waals surface area contributed by atoms with Crippen molar-refractivity contribution in [2.24, 2.45) is 5.92 Å². The standard InChI is InChI=1S/C19H27F2N3O/c1-14(16-10-17(20)12-18(21)11-16)22-19(25)24-8-4-15(5-9-24)13-23-6-2-3-7-23/h10-12,14-15H,2-9,13H2,1H3,(H,22,25)/t14-/m0/s1. The Morgan fingerprint density at radius 2 is 1.72 bits per heavy atom. The van der Waals surface area contributed by atoms with Crippen LogP contribution >= 0.6 is 0 Å². The van der Waals surface area contributed by atoms with Gasteiger partial charge in [-0.1, -0.05) is 0 Å². The summed E-state index contributed by atoms with van der Waals surface area (Å²) in [5.74, 6) is -0.588. The largest absolute Gasteiger partial charge is 0.331 e. The van der Waals surface area contributed by atoms with Crippen LogP contribution in [-0.2, 0) is 0 Å². The van der Waals surface area contributed by atoms with E-state index in [1.165, 1.54) is 38.1 Å². The molecule has 0 radical (unpaired) electrons. The molecule has 2 aliphatic rings. The van der Waals surface area contributed by atoms with Crippen molar-refractivity contribution < 1.29 is 13.6 Å². The first-order valence-corrected chi connectivity index (χ1v) is 9.25. The zero-order valence-electron chi connectivity index (χ0n) is 14.8. The van der Waals surface area contributed by atoms with Gasteiger partial charge in [0.25, 0.3) is 0 Å². The van der Waals surface area contributed by atoms with E-state index in [2.05, 4.69) is 10.2 Å². The molecule has 0 bridgehead atoms. The lowest BCUT2D eigenvalue weighted by Crippen LogP contribution is -2.46. The summed E-state index contributed by atoms with van der Waals surface area (Å²) in [5.41, 5.74) is 0.440. The first-order chi connectivity index (χ1) is 12.0. The van der Waals surface area contributed by atoms with Crippen LogP contribution in [0.25, 0.3) is 0 Å². The highest BCUT2D eigenvalue weighted by atomic mass is 19.1. The number of carbonyl (C=O) groups excluding carboxylic acids is 1. The van der Waals surface area contributed by atoms with E-state index in [4.69, 9.17) is 0 Å². The number of hydrogen-bond donors (Lipinski definition) is 1. The maximum Gasteiger partial charge on any atom is 0.317 e. The third kappa shape index (κ3) is 4.91. The van der Waals surface area contributed by atoms with Crippen molar-refractivity contribution in [1.82, 2.24) is 15.1 Å². The molecule has 0 aromatic heterocycles. The van der Waals surface area contributed by atoms with Crippen LogP contribution in [0.3, 0.4) is 0 Å². The summed E-state index contributed by atoms with van der Waals surface area (Å²) < 4.78 is 26.6. The number of nitrogens with zero attached hydrogens (tertiary/aromatic N) is 2. The zero-order chi connectivity index (χ0) is 17.8. The van der Waals surface area contributed by atoms with Gasteiger partial charge < -0.3 is 15.1 Å². The van der Waals surface area contributed by atoms with E-state index in [1.807, 2.05) is 4.90 Å². The van der Waals surface area contributed by atoms with Crippen molar-refractivity contribution in [1.29, 1.82) is 0 Å². The van der Waals surface area contributed by atoms with Gasteiger partial charge in [-0.15, -0.1) is 0 Å². The van der Waals surface area contributed by atoms with Gasteiger partial charge in [-0.25, -0.2) is 13.6 Å². The van der Waals surface area contributed by atoms with Gasteiger partial charge in [-0.3, -0.25) is 0 Å². The molecule has 1 atom stereocenters. The summed E-state index contributed by atoms with van der Waals surface area (Å²) in [6, 6.07) is 2.77. The minimum absolute atomic E-state index is 0.156. The summed E-state index contributed by atoms with van der Waals surface area (Å²) in [4.78, 5) is 16.8. The number of piperidine rings is 1. The van der Waals surface area contributed by atoms with E-state index in [-0.39, 0.29) is 6.03 Å². The molecule has 4 nitrogen and oxygen atoms in total. The zero-order valence-corrected chi connectivity index (χ0v) is 14.8. The average molecular weight is 351 g/mol. The molecule has 2 heterocycles. The Kier molecular flexibility index (Phi) is 5.89. The molecule has 0 spiro atoms. The lowest BCUT2D eigenvalue weighted by molar-refractivity contribution is 0.152. The van der Waals surface area contributed by atoms with Gasteiger partial charge in [0.15, 0.2) is 0 Å². The van der Waals surface area contributed by atoms with E-state index in [9.17, 15) is 13.6 Å². The molecule has 1 aromatic rings. The Morgan fingerprint density at radius 3 is 2.32 bits per heavy atom. The van der Waals surface area contributed by atoms with Crippen LogP contribution in [0.5, 0.6) is 0 Å². The number of likely N-dealkylation sites (tertiary alicyclic amines) is 2. The SMILES string of the molecule is C[C@H](NC(=O)N1CCC(CN2CCCC2)CC1)c1cc(F)cc(F)c1. The summed E-state index contributed by atoms with van der Waals surface area (Å²) in [5, 5.41) is 2.85. The number of amides is 2. The van der Waals surface area contributed by atoms with Crippen molar-refractivity contribution in [3.8, 4) is 0 Å². The second kappa shape index (κ2) is 8.13. The van der Waals surface area contributed by atoms with Crippen molar-refractivity contribution in [3.05, 3.63) is 35.4 Å². The highest BCUT2D eigenvalue weighted by Crippen LogP contribution is 2.22. The molecule has 2 aliphatic heterocycles. The smallest absolute Gasteiger partial charge is 0.317 e. The minimum atomic E-state index is -0.626. The number of urea groups is 1. The molecule has 0 aliphatic carbocycles. The number of halogens is 2. The molecule has 2 amide bonds. The topological polar surface area (TPSA) is 35.6 Å². The monoisotopic (exact) mass is 351 g/mol. The summed E-state index contributed by atoms with van der Waals surface area (Å²) in [6.45, 7) is 6.80. The molecule has 0 unspecified atom stereocenters. The fourth-order valence-electron chi connectivity index (χ4n) is 3.83. The first kappa shape index (κ1) is 18.1. The van der Waals surface area contributed by atoms with Gasteiger partial charge in [0.2, 0.25) is 0 Å². The van der Waals surface area contributed by atoms with Crippen molar-refractivity contribution >= 4 is 6.03 Å². The third-order valence-electron chi connectivity index (χ3n) is 5.34. The minimum Gasteiger partial charge on any atom is -0.331 e. The van der Waals surface area contributed by atoms with Crippen molar-refractivity contribution in [2.45, 2.75) is 38.6 Å². The Hall–Kier alpha value is -1.69. The number of benzene rings is 1. The number of carbonyl (C=O) groups is 1. The molecule has 3 rings (SSSR count). The molecule has 1 N–H and O–H groups in total. The Labute approximate surface area is 148 Å². The predicted molar refractivity (Wildman–Crippen MR) is 93.3 cm³/mol. The molecule has 1 aromatic carbocycles. The van der Waals surface area contributed by atoms with Gasteiger partial charge in [0.1, 0.15) is 11.6 Å². The van der Waals surface area contributed by atoms with E-state index in [1.54, 1.807) is 6.92 Å². The van der Waals surface area contributed by atoms with E-state index in [0.29, 0.717) is 11.5 Å². The average Bonchev–Trinajstić information content (AvgIpc) is 3.07. The highest BCUT2D eigenvalue weighted by Gasteiger charge is 2.26. The van der Waals surface area contributed by atoms with E-state index in [0.717, 1.165) is 38.5 Å². The lowest BCUT2D eigenvalue weighted by Gasteiger charge is -2.34. The van der Waals surface area contributed by atoms with Crippen molar-refractivity contribution in [2.75, 3.05) is 32.7 Å². The summed E-state index contributed by atoms with van der Waals surface area (Å²) in [6.07, 6.45) is 4.65. The molecule has 6 heteroatoms. The molecule has 0 saturated carbocycles. The fourth-order valence-corrected chi connectivity index (χ4v) is 3.83. The normalized spacial score (nSPS) is 20.7. The number of rotatable bonds is 4. The van der Waals surface area contributed by atoms with Crippen LogP contribution in [0.4, 0.5) is 13.6 Å². The number of nitrogens with one attached hydrogen (secondary N) is 1. The van der Waals surface area contributed by atoms with Crippen LogP contribution in [-0.4, -0.2) is 48.6 Å². The van der Waals surface area contributed by atoms with E-state index >= 15 is 0 Å².